The Morgan fingerprint density at radius 3 is 2.12 bits per heavy atom. The third-order valence-corrected chi connectivity index (χ3v) is 4.74. The van der Waals surface area contributed by atoms with Crippen LogP contribution in [0.3, 0.4) is 0 Å². The first-order valence-corrected chi connectivity index (χ1v) is 8.58. The lowest BCUT2D eigenvalue weighted by Gasteiger charge is -2.34. The second-order valence-corrected chi connectivity index (χ2v) is 6.53. The second kappa shape index (κ2) is 6.78. The van der Waals surface area contributed by atoms with Crippen LogP contribution in [0.15, 0.2) is 65.2 Å². The number of rotatable bonds is 6. The topological polar surface area (TPSA) is 74.2 Å². The fourth-order valence-electron chi connectivity index (χ4n) is 3.09. The Hall–Kier alpha value is -2.50. The fourth-order valence-corrected chi connectivity index (χ4v) is 3.09. The zero-order chi connectivity index (χ0) is 17.1. The van der Waals surface area contributed by atoms with Gasteiger partial charge in [-0.3, -0.25) is 0 Å². The van der Waals surface area contributed by atoms with Crippen molar-refractivity contribution in [1.82, 2.24) is 10.1 Å². The van der Waals surface area contributed by atoms with Crippen LogP contribution in [0.4, 0.5) is 0 Å². The van der Waals surface area contributed by atoms with E-state index in [1.165, 1.54) is 0 Å². The summed E-state index contributed by atoms with van der Waals surface area (Å²) in [5, 5.41) is 4.04. The van der Waals surface area contributed by atoms with Crippen molar-refractivity contribution in [3.05, 3.63) is 83.5 Å². The first-order valence-electron chi connectivity index (χ1n) is 8.58. The molecule has 5 heteroatoms. The summed E-state index contributed by atoms with van der Waals surface area (Å²) in [6.45, 7) is 0.248. The van der Waals surface area contributed by atoms with Crippen molar-refractivity contribution in [2.75, 3.05) is 0 Å². The Morgan fingerprint density at radius 2 is 1.60 bits per heavy atom. The molecule has 0 saturated heterocycles. The number of ether oxygens (including phenoxy) is 1. The molecule has 1 heterocycles. The number of nitrogens with two attached hydrogens (primary N) is 1. The van der Waals surface area contributed by atoms with E-state index >= 15 is 0 Å². The molecule has 1 aliphatic carbocycles. The number of benzene rings is 2. The van der Waals surface area contributed by atoms with Crippen LogP contribution in [0.5, 0.6) is 0 Å². The van der Waals surface area contributed by atoms with Crippen molar-refractivity contribution in [3.63, 3.8) is 0 Å². The van der Waals surface area contributed by atoms with E-state index in [1.54, 1.807) is 0 Å². The molecule has 0 radical (unpaired) electrons. The third kappa shape index (κ3) is 3.34. The summed E-state index contributed by atoms with van der Waals surface area (Å²) in [5.41, 5.74) is 8.00. The van der Waals surface area contributed by atoms with Crippen molar-refractivity contribution in [2.24, 2.45) is 5.73 Å². The van der Waals surface area contributed by atoms with Crippen molar-refractivity contribution >= 4 is 0 Å². The molecule has 3 aromatic rings. The summed E-state index contributed by atoms with van der Waals surface area (Å²) >= 11 is 0. The average Bonchev–Trinajstić information content (AvgIpc) is 3.11. The Kier molecular flexibility index (Phi) is 4.34. The van der Waals surface area contributed by atoms with E-state index in [9.17, 15) is 0 Å². The molecule has 1 saturated carbocycles. The molecule has 0 unspecified atom stereocenters. The highest BCUT2D eigenvalue weighted by Gasteiger charge is 2.39. The van der Waals surface area contributed by atoms with Crippen molar-refractivity contribution in [2.45, 2.75) is 37.5 Å². The molecule has 0 atom stereocenters. The minimum Gasteiger partial charge on any atom is -0.359 e. The maximum absolute atomic E-state index is 6.25. The van der Waals surface area contributed by atoms with E-state index in [0.717, 1.165) is 30.4 Å². The van der Waals surface area contributed by atoms with Gasteiger partial charge in [-0.1, -0.05) is 65.8 Å². The lowest BCUT2D eigenvalue weighted by atomic mass is 9.77. The van der Waals surface area contributed by atoms with Crippen molar-refractivity contribution < 1.29 is 9.26 Å². The highest BCUT2D eigenvalue weighted by Crippen LogP contribution is 2.37. The van der Waals surface area contributed by atoms with Crippen LogP contribution >= 0.6 is 0 Å². The van der Waals surface area contributed by atoms with Gasteiger partial charge in [0.1, 0.15) is 12.7 Å². The molecule has 1 aliphatic rings. The van der Waals surface area contributed by atoms with Gasteiger partial charge in [-0.2, -0.15) is 4.98 Å². The summed E-state index contributed by atoms with van der Waals surface area (Å²) in [6, 6.07) is 20.2. The molecule has 2 N–H and O–H groups in total. The third-order valence-electron chi connectivity index (χ3n) is 4.74. The molecular weight excluding hydrogens is 314 g/mol. The zero-order valence-corrected chi connectivity index (χ0v) is 14.0. The highest BCUT2D eigenvalue weighted by molar-refractivity contribution is 5.29. The molecule has 4 rings (SSSR count). The summed E-state index contributed by atoms with van der Waals surface area (Å²) in [7, 11) is 0. The number of aromatic nitrogens is 2. The fraction of sp³-hybridized carbons (Fsp3) is 0.300. The van der Waals surface area contributed by atoms with Gasteiger partial charge in [0.25, 0.3) is 5.89 Å². The number of hydrogen-bond donors (Lipinski definition) is 1. The average molecular weight is 335 g/mol. The molecule has 0 aliphatic heterocycles. The van der Waals surface area contributed by atoms with E-state index in [0.29, 0.717) is 11.7 Å². The molecule has 128 valence electrons. The van der Waals surface area contributed by atoms with Crippen molar-refractivity contribution in [3.8, 4) is 0 Å². The first-order chi connectivity index (χ1) is 12.2. The van der Waals surface area contributed by atoms with Gasteiger partial charge in [0.2, 0.25) is 0 Å². The Labute approximate surface area is 146 Å². The lowest BCUT2D eigenvalue weighted by molar-refractivity contribution is 0.0492. The maximum Gasteiger partial charge on any atom is 0.252 e. The largest absolute Gasteiger partial charge is 0.359 e. The van der Waals surface area contributed by atoms with Gasteiger partial charge in [0.05, 0.1) is 5.54 Å². The SMILES string of the molecule is NC1(c2noc(COC(c3ccccc3)c3ccccc3)n2)CCC1. The molecule has 1 aromatic heterocycles. The highest BCUT2D eigenvalue weighted by atomic mass is 16.5. The quantitative estimate of drug-likeness (QED) is 0.743. The van der Waals surface area contributed by atoms with Crippen molar-refractivity contribution in [1.29, 1.82) is 0 Å². The van der Waals surface area contributed by atoms with Gasteiger partial charge in [-0.15, -0.1) is 0 Å². The minimum atomic E-state index is -0.417. The first kappa shape index (κ1) is 16.0. The van der Waals surface area contributed by atoms with Crippen LogP contribution in [-0.2, 0) is 16.9 Å². The summed E-state index contributed by atoms with van der Waals surface area (Å²) in [5.74, 6) is 1.05. The summed E-state index contributed by atoms with van der Waals surface area (Å²) in [4.78, 5) is 4.44. The van der Waals surface area contributed by atoms with Gasteiger partial charge in [0.15, 0.2) is 5.82 Å². The van der Waals surface area contributed by atoms with Crippen LogP contribution < -0.4 is 5.73 Å². The molecule has 5 nitrogen and oxygen atoms in total. The molecule has 25 heavy (non-hydrogen) atoms. The predicted molar refractivity (Wildman–Crippen MR) is 93.5 cm³/mol. The van der Waals surface area contributed by atoms with Crippen LogP contribution in [0.1, 0.15) is 48.2 Å². The van der Waals surface area contributed by atoms with E-state index in [-0.39, 0.29) is 12.7 Å². The van der Waals surface area contributed by atoms with Crippen LogP contribution in [0, 0.1) is 0 Å². The van der Waals surface area contributed by atoms with E-state index < -0.39 is 5.54 Å². The minimum absolute atomic E-state index is 0.187. The van der Waals surface area contributed by atoms with Gasteiger partial charge >= 0.3 is 0 Å². The normalized spacial score (nSPS) is 15.9. The predicted octanol–water partition coefficient (Wildman–Crippen LogP) is 3.71. The van der Waals surface area contributed by atoms with E-state index in [4.69, 9.17) is 15.0 Å². The molecule has 0 amide bonds. The molecule has 2 aromatic carbocycles. The standard InChI is InChI=1S/C20H21N3O2/c21-20(12-7-13-20)19-22-17(25-23-19)14-24-18(15-8-3-1-4-9-15)16-10-5-2-6-11-16/h1-6,8-11,18H,7,12-14,21H2. The van der Waals surface area contributed by atoms with Crippen LogP contribution in [-0.4, -0.2) is 10.1 Å². The molecule has 1 fully saturated rings. The Bertz CT molecular complexity index is 774. The van der Waals surface area contributed by atoms with Gasteiger partial charge in [-0.05, 0) is 30.4 Å². The Morgan fingerprint density at radius 1 is 1.00 bits per heavy atom. The smallest absolute Gasteiger partial charge is 0.252 e. The van der Waals surface area contributed by atoms with E-state index in [1.807, 2.05) is 36.4 Å². The van der Waals surface area contributed by atoms with E-state index in [2.05, 4.69) is 34.4 Å². The zero-order valence-electron chi connectivity index (χ0n) is 14.0. The second-order valence-electron chi connectivity index (χ2n) is 6.53. The van der Waals surface area contributed by atoms with Gasteiger partial charge in [0, 0.05) is 0 Å². The maximum atomic E-state index is 6.25. The molecule has 0 spiro atoms. The molecular formula is C20H21N3O2. The van der Waals surface area contributed by atoms with Gasteiger partial charge in [-0.25, -0.2) is 0 Å². The number of hydrogen-bond acceptors (Lipinski definition) is 5. The molecule has 0 bridgehead atoms. The Balaban J connectivity index is 1.52. The van der Waals surface area contributed by atoms with Crippen LogP contribution in [0.2, 0.25) is 0 Å². The summed E-state index contributed by atoms with van der Waals surface area (Å²) < 4.78 is 11.5. The summed E-state index contributed by atoms with van der Waals surface area (Å²) in [6.07, 6.45) is 2.74. The van der Waals surface area contributed by atoms with Gasteiger partial charge < -0.3 is 15.0 Å². The number of nitrogens with zero attached hydrogens (tertiary/aromatic N) is 2. The van der Waals surface area contributed by atoms with Crippen LogP contribution in [0.25, 0.3) is 0 Å². The monoisotopic (exact) mass is 335 g/mol. The lowest BCUT2D eigenvalue weighted by Crippen LogP contribution is -2.44.